The summed E-state index contributed by atoms with van der Waals surface area (Å²) in [7, 11) is 0. The van der Waals surface area contributed by atoms with Gasteiger partial charge >= 0.3 is 0 Å². The van der Waals surface area contributed by atoms with Gasteiger partial charge < -0.3 is 0 Å². The summed E-state index contributed by atoms with van der Waals surface area (Å²) in [4.78, 5) is 38.3. The lowest BCUT2D eigenvalue weighted by atomic mass is 9.54. The summed E-state index contributed by atoms with van der Waals surface area (Å²) in [6, 6.07) is 19.1. The molecule has 3 aromatic rings. The van der Waals surface area contributed by atoms with Crippen LogP contribution >= 0.6 is 23.2 Å². The van der Waals surface area contributed by atoms with E-state index in [0.717, 1.165) is 33.2 Å². The van der Waals surface area contributed by atoms with Crippen LogP contribution in [-0.4, -0.2) is 16.7 Å². The average molecular weight is 465 g/mol. The Hall–Kier alpha value is -3.22. The van der Waals surface area contributed by atoms with Crippen LogP contribution < -0.4 is 4.90 Å². The van der Waals surface area contributed by atoms with Gasteiger partial charge in [-0.1, -0.05) is 60.1 Å². The standard InChI is InChI=1S/C24H14Cl2N2O4/c25-12-9-10-17(18(11-12)28(31)32)27-22(29)20-19-13-5-1-3-7-15(13)24(26,21(20)23(27)30)16-8-4-2-6-14(16)19/h1-11,19-21H/t19?,20-,21-,24?/m1/s1. The Bertz CT molecular complexity index is 1320. The third kappa shape index (κ3) is 2.21. The number of imide groups is 1. The predicted octanol–water partition coefficient (Wildman–Crippen LogP) is 5.00. The number of benzene rings is 3. The van der Waals surface area contributed by atoms with Crippen molar-refractivity contribution in [3.05, 3.63) is 104 Å². The first-order chi connectivity index (χ1) is 15.4. The Morgan fingerprint density at radius 2 is 1.50 bits per heavy atom. The molecule has 3 aliphatic carbocycles. The van der Waals surface area contributed by atoms with Crippen LogP contribution in [0.1, 0.15) is 28.2 Å². The van der Waals surface area contributed by atoms with Crippen LogP contribution in [0.3, 0.4) is 0 Å². The van der Waals surface area contributed by atoms with E-state index >= 15 is 0 Å². The quantitative estimate of drug-likeness (QED) is 0.231. The molecule has 8 heteroatoms. The molecule has 7 rings (SSSR count). The summed E-state index contributed by atoms with van der Waals surface area (Å²) in [5.41, 5.74) is 2.95. The largest absolute Gasteiger partial charge is 0.294 e. The van der Waals surface area contributed by atoms with E-state index < -0.39 is 39.1 Å². The number of nitrogens with zero attached hydrogens (tertiary/aromatic N) is 2. The molecule has 1 fully saturated rings. The normalized spacial score (nSPS) is 27.2. The molecule has 2 bridgehead atoms. The van der Waals surface area contributed by atoms with E-state index in [2.05, 4.69) is 0 Å². The number of nitro groups is 1. The molecule has 1 aliphatic heterocycles. The minimum Gasteiger partial charge on any atom is -0.274 e. The summed E-state index contributed by atoms with van der Waals surface area (Å²) in [5, 5.41) is 11.8. The van der Waals surface area contributed by atoms with E-state index in [4.69, 9.17) is 23.2 Å². The number of amides is 2. The molecule has 1 heterocycles. The van der Waals surface area contributed by atoms with Crippen LogP contribution in [0, 0.1) is 22.0 Å². The molecular weight excluding hydrogens is 451 g/mol. The second-order valence-electron chi connectivity index (χ2n) is 8.27. The van der Waals surface area contributed by atoms with Gasteiger partial charge in [-0.2, -0.15) is 0 Å². The summed E-state index contributed by atoms with van der Waals surface area (Å²) >= 11 is 13.3. The molecule has 0 aromatic heterocycles. The van der Waals surface area contributed by atoms with E-state index in [0.29, 0.717) is 0 Å². The fourth-order valence-corrected chi connectivity index (χ4v) is 6.49. The smallest absolute Gasteiger partial charge is 0.274 e. The molecule has 0 N–H and O–H groups in total. The summed E-state index contributed by atoms with van der Waals surface area (Å²) in [6.07, 6.45) is 0. The van der Waals surface area contributed by atoms with E-state index in [-0.39, 0.29) is 16.6 Å². The Labute approximate surface area is 192 Å². The lowest BCUT2D eigenvalue weighted by Gasteiger charge is -2.50. The Morgan fingerprint density at radius 1 is 0.906 bits per heavy atom. The number of rotatable bonds is 2. The van der Waals surface area contributed by atoms with Crippen molar-refractivity contribution in [1.82, 2.24) is 0 Å². The van der Waals surface area contributed by atoms with Crippen molar-refractivity contribution in [3.8, 4) is 0 Å². The molecule has 2 amide bonds. The fourth-order valence-electron chi connectivity index (χ4n) is 5.75. The second-order valence-corrected chi connectivity index (χ2v) is 9.30. The fraction of sp³-hybridized carbons (Fsp3) is 0.167. The first kappa shape index (κ1) is 19.5. The number of hydrogen-bond acceptors (Lipinski definition) is 4. The van der Waals surface area contributed by atoms with Crippen molar-refractivity contribution in [1.29, 1.82) is 0 Å². The van der Waals surface area contributed by atoms with E-state index in [9.17, 15) is 19.7 Å². The molecule has 32 heavy (non-hydrogen) atoms. The van der Waals surface area contributed by atoms with Gasteiger partial charge in [0.1, 0.15) is 10.6 Å². The SMILES string of the molecule is O=C1[C@@H]2C3c4ccccc4C(Cl)(c4ccccc43)[C@H]2C(=O)N1c1ccc(Cl)cc1[N+](=O)[O-]. The molecular formula is C24H14Cl2N2O4. The van der Waals surface area contributed by atoms with Crippen molar-refractivity contribution in [2.75, 3.05) is 4.90 Å². The van der Waals surface area contributed by atoms with Crippen LogP contribution in [0.2, 0.25) is 5.02 Å². The summed E-state index contributed by atoms with van der Waals surface area (Å²) in [5.74, 6) is -3.00. The molecule has 0 unspecified atom stereocenters. The first-order valence-electron chi connectivity index (χ1n) is 10.0. The third-order valence-corrected chi connectivity index (χ3v) is 7.77. The van der Waals surface area contributed by atoms with Crippen molar-refractivity contribution < 1.29 is 14.5 Å². The maximum Gasteiger partial charge on any atom is 0.294 e. The highest BCUT2D eigenvalue weighted by atomic mass is 35.5. The zero-order valence-corrected chi connectivity index (χ0v) is 17.9. The van der Waals surface area contributed by atoms with Gasteiger partial charge in [0, 0.05) is 17.0 Å². The molecule has 1 saturated heterocycles. The van der Waals surface area contributed by atoms with Crippen molar-refractivity contribution >= 4 is 46.4 Å². The van der Waals surface area contributed by atoms with Crippen LogP contribution in [0.4, 0.5) is 11.4 Å². The molecule has 0 spiro atoms. The lowest BCUT2D eigenvalue weighted by molar-refractivity contribution is -0.384. The Balaban J connectivity index is 1.61. The summed E-state index contributed by atoms with van der Waals surface area (Å²) in [6.45, 7) is 0. The lowest BCUT2D eigenvalue weighted by Crippen LogP contribution is -2.50. The van der Waals surface area contributed by atoms with Gasteiger partial charge in [-0.15, -0.1) is 11.6 Å². The van der Waals surface area contributed by atoms with Gasteiger partial charge in [0.2, 0.25) is 11.8 Å². The van der Waals surface area contributed by atoms with Crippen LogP contribution in [0.15, 0.2) is 66.7 Å². The highest BCUT2D eigenvalue weighted by molar-refractivity contribution is 6.34. The highest BCUT2D eigenvalue weighted by Gasteiger charge is 2.68. The average Bonchev–Trinajstić information content (AvgIpc) is 3.06. The van der Waals surface area contributed by atoms with Crippen molar-refractivity contribution in [2.24, 2.45) is 11.8 Å². The van der Waals surface area contributed by atoms with Gasteiger partial charge in [-0.25, -0.2) is 4.90 Å². The molecule has 6 nitrogen and oxygen atoms in total. The zero-order valence-electron chi connectivity index (χ0n) is 16.4. The van der Waals surface area contributed by atoms with E-state index in [1.54, 1.807) is 0 Å². The molecule has 4 aliphatic rings. The van der Waals surface area contributed by atoms with E-state index in [1.807, 2.05) is 48.5 Å². The number of nitro benzene ring substituents is 1. The molecule has 158 valence electrons. The summed E-state index contributed by atoms with van der Waals surface area (Å²) < 4.78 is 0. The van der Waals surface area contributed by atoms with Crippen LogP contribution in [0.5, 0.6) is 0 Å². The first-order valence-corrected chi connectivity index (χ1v) is 10.8. The maximum atomic E-state index is 13.8. The number of anilines is 1. The van der Waals surface area contributed by atoms with Gasteiger partial charge in [-0.3, -0.25) is 19.7 Å². The molecule has 2 atom stereocenters. The second kappa shape index (κ2) is 6.40. The molecule has 3 aromatic carbocycles. The monoisotopic (exact) mass is 464 g/mol. The van der Waals surface area contributed by atoms with Crippen molar-refractivity contribution in [3.63, 3.8) is 0 Å². The van der Waals surface area contributed by atoms with Crippen LogP contribution in [0.25, 0.3) is 0 Å². The van der Waals surface area contributed by atoms with E-state index in [1.165, 1.54) is 12.1 Å². The van der Waals surface area contributed by atoms with Gasteiger partial charge in [-0.05, 0) is 34.4 Å². The number of alkyl halides is 1. The number of halogens is 2. The highest BCUT2D eigenvalue weighted by Crippen LogP contribution is 2.66. The number of hydrogen-bond donors (Lipinski definition) is 0. The maximum absolute atomic E-state index is 13.8. The van der Waals surface area contributed by atoms with Crippen LogP contribution in [-0.2, 0) is 14.5 Å². The minimum absolute atomic E-state index is 0.0865. The third-order valence-electron chi connectivity index (χ3n) is 6.89. The molecule has 0 saturated carbocycles. The van der Waals surface area contributed by atoms with Gasteiger partial charge in [0.15, 0.2) is 0 Å². The number of carbonyl (C=O) groups is 2. The topological polar surface area (TPSA) is 80.5 Å². The predicted molar refractivity (Wildman–Crippen MR) is 119 cm³/mol. The van der Waals surface area contributed by atoms with Crippen molar-refractivity contribution in [2.45, 2.75) is 10.8 Å². The molecule has 0 radical (unpaired) electrons. The minimum atomic E-state index is -1.24. The Kier molecular flexibility index (Phi) is 3.89. The van der Waals surface area contributed by atoms with Gasteiger partial charge in [0.25, 0.3) is 5.69 Å². The zero-order chi connectivity index (χ0) is 22.4. The van der Waals surface area contributed by atoms with Gasteiger partial charge in [0.05, 0.1) is 16.8 Å². The Morgan fingerprint density at radius 3 is 2.09 bits per heavy atom. The number of carbonyl (C=O) groups excluding carboxylic acids is 2.